The third-order valence-corrected chi connectivity index (χ3v) is 3.52. The smallest absolute Gasteiger partial charge is 0.404 e. The molecular weight excluding hydrogens is 382 g/mol. The Labute approximate surface area is 156 Å². The molecule has 6 nitrogen and oxygen atoms in total. The van der Waals surface area contributed by atoms with Gasteiger partial charge in [0.05, 0.1) is 5.69 Å². The second kappa shape index (κ2) is 8.07. The van der Waals surface area contributed by atoms with Crippen molar-refractivity contribution >= 4 is 11.6 Å². The van der Waals surface area contributed by atoms with Gasteiger partial charge in [-0.3, -0.25) is 4.79 Å². The summed E-state index contributed by atoms with van der Waals surface area (Å²) >= 11 is 0. The molecule has 1 amide bonds. The minimum absolute atomic E-state index is 0.0717. The Morgan fingerprint density at radius 1 is 1.11 bits per heavy atom. The fourth-order valence-corrected chi connectivity index (χ4v) is 2.29. The maximum Gasteiger partial charge on any atom is 0.573 e. The molecule has 0 saturated heterocycles. The molecule has 3 aromatic rings. The van der Waals surface area contributed by atoms with Crippen molar-refractivity contribution in [2.24, 2.45) is 0 Å². The molecule has 28 heavy (non-hydrogen) atoms. The number of alkyl halides is 3. The quantitative estimate of drug-likeness (QED) is 0.628. The number of nitrogens with one attached hydrogen (secondary N) is 1. The number of carbonyl (C=O) groups is 1. The van der Waals surface area contributed by atoms with Crippen molar-refractivity contribution in [3.8, 4) is 17.1 Å². The number of amides is 1. The zero-order valence-corrected chi connectivity index (χ0v) is 14.2. The van der Waals surface area contributed by atoms with Crippen molar-refractivity contribution in [3.05, 3.63) is 60.2 Å². The van der Waals surface area contributed by atoms with Gasteiger partial charge in [-0.15, -0.1) is 13.2 Å². The normalized spacial score (nSPS) is 11.3. The lowest BCUT2D eigenvalue weighted by atomic mass is 10.2. The van der Waals surface area contributed by atoms with E-state index in [0.29, 0.717) is 5.56 Å². The second-order valence-corrected chi connectivity index (χ2v) is 5.61. The highest BCUT2D eigenvalue weighted by Crippen LogP contribution is 2.30. The van der Waals surface area contributed by atoms with E-state index in [9.17, 15) is 22.4 Å². The molecule has 0 saturated carbocycles. The van der Waals surface area contributed by atoms with Crippen LogP contribution in [0.3, 0.4) is 0 Å². The average Bonchev–Trinajstić information content (AvgIpc) is 3.10. The maximum atomic E-state index is 12.9. The van der Waals surface area contributed by atoms with E-state index < -0.39 is 23.8 Å². The van der Waals surface area contributed by atoms with Gasteiger partial charge in [0.1, 0.15) is 5.82 Å². The fourth-order valence-electron chi connectivity index (χ4n) is 2.29. The van der Waals surface area contributed by atoms with Gasteiger partial charge in [0.15, 0.2) is 5.75 Å². The van der Waals surface area contributed by atoms with Crippen LogP contribution in [0.4, 0.5) is 23.2 Å². The van der Waals surface area contributed by atoms with Gasteiger partial charge in [-0.2, -0.15) is 4.98 Å². The molecule has 1 aromatic heterocycles. The lowest BCUT2D eigenvalue weighted by molar-refractivity contribution is -0.274. The molecule has 0 radical (unpaired) electrons. The Hall–Kier alpha value is -3.43. The number of anilines is 1. The predicted octanol–water partition coefficient (Wildman–Crippen LogP) is 4.35. The Morgan fingerprint density at radius 2 is 1.82 bits per heavy atom. The Balaban J connectivity index is 1.59. The van der Waals surface area contributed by atoms with E-state index in [1.54, 1.807) is 0 Å². The summed E-state index contributed by atoms with van der Waals surface area (Å²) in [5.41, 5.74) is 0.432. The van der Waals surface area contributed by atoms with Crippen molar-refractivity contribution < 1.29 is 31.6 Å². The number of aryl methyl sites for hydroxylation is 1. The number of rotatable bonds is 6. The summed E-state index contributed by atoms with van der Waals surface area (Å²) in [7, 11) is 0. The lowest BCUT2D eigenvalue weighted by Gasteiger charge is -2.13. The molecule has 0 spiro atoms. The third-order valence-electron chi connectivity index (χ3n) is 3.52. The van der Waals surface area contributed by atoms with Crippen molar-refractivity contribution in [1.82, 2.24) is 10.1 Å². The first-order chi connectivity index (χ1) is 13.3. The number of benzene rings is 2. The Kier molecular flexibility index (Phi) is 5.57. The van der Waals surface area contributed by atoms with Gasteiger partial charge in [-0.25, -0.2) is 4.39 Å². The Morgan fingerprint density at radius 3 is 2.54 bits per heavy atom. The zero-order chi connectivity index (χ0) is 20.1. The molecule has 1 N–H and O–H groups in total. The summed E-state index contributed by atoms with van der Waals surface area (Å²) < 4.78 is 59.1. The summed E-state index contributed by atoms with van der Waals surface area (Å²) in [5.74, 6) is -1.08. The minimum Gasteiger partial charge on any atom is -0.404 e. The molecule has 3 rings (SSSR count). The number of hydrogen-bond donors (Lipinski definition) is 1. The number of aromatic nitrogens is 2. The summed E-state index contributed by atoms with van der Waals surface area (Å²) in [6, 6.07) is 10.7. The molecule has 10 heteroatoms. The van der Waals surface area contributed by atoms with Crippen LogP contribution >= 0.6 is 0 Å². The third kappa shape index (κ3) is 5.29. The monoisotopic (exact) mass is 395 g/mol. The first-order valence-electron chi connectivity index (χ1n) is 8.03. The molecule has 1 heterocycles. The van der Waals surface area contributed by atoms with Crippen LogP contribution < -0.4 is 10.1 Å². The highest BCUT2D eigenvalue weighted by molar-refractivity contribution is 5.92. The van der Waals surface area contributed by atoms with Crippen molar-refractivity contribution in [3.63, 3.8) is 0 Å². The van der Waals surface area contributed by atoms with E-state index >= 15 is 0 Å². The molecule has 0 atom stereocenters. The number of nitrogens with zero attached hydrogens (tertiary/aromatic N) is 2. The van der Waals surface area contributed by atoms with Crippen LogP contribution in [0.15, 0.2) is 53.1 Å². The molecular formula is C18H13F4N3O3. The largest absolute Gasteiger partial charge is 0.573 e. The molecule has 0 fully saturated rings. The lowest BCUT2D eigenvalue weighted by Crippen LogP contribution is -2.19. The summed E-state index contributed by atoms with van der Waals surface area (Å²) in [4.78, 5) is 16.1. The molecule has 0 aliphatic rings. The van der Waals surface area contributed by atoms with Crippen molar-refractivity contribution in [2.75, 3.05) is 5.32 Å². The summed E-state index contributed by atoms with van der Waals surface area (Å²) in [6.07, 6.45) is -4.91. The minimum atomic E-state index is -4.87. The van der Waals surface area contributed by atoms with Gasteiger partial charge >= 0.3 is 6.36 Å². The first kappa shape index (κ1) is 19.3. The zero-order valence-electron chi connectivity index (χ0n) is 14.2. The van der Waals surface area contributed by atoms with Gasteiger partial charge in [0, 0.05) is 18.4 Å². The first-order valence-corrected chi connectivity index (χ1v) is 8.03. The van der Waals surface area contributed by atoms with Crippen LogP contribution in [0.25, 0.3) is 11.4 Å². The van der Waals surface area contributed by atoms with E-state index in [4.69, 9.17) is 4.52 Å². The molecule has 2 aromatic carbocycles. The van der Waals surface area contributed by atoms with Gasteiger partial charge in [0.2, 0.25) is 17.6 Å². The van der Waals surface area contributed by atoms with Gasteiger partial charge in [0.25, 0.3) is 0 Å². The van der Waals surface area contributed by atoms with Gasteiger partial charge < -0.3 is 14.6 Å². The van der Waals surface area contributed by atoms with Gasteiger partial charge in [-0.05, 0) is 36.4 Å². The maximum absolute atomic E-state index is 12.9. The van der Waals surface area contributed by atoms with Gasteiger partial charge in [-0.1, -0.05) is 17.3 Å². The number of carbonyl (C=O) groups excluding carboxylic acids is 1. The molecule has 146 valence electrons. The number of hydrogen-bond acceptors (Lipinski definition) is 5. The van der Waals surface area contributed by atoms with Crippen LogP contribution in [0.1, 0.15) is 12.3 Å². The topological polar surface area (TPSA) is 77.2 Å². The van der Waals surface area contributed by atoms with E-state index in [1.165, 1.54) is 42.5 Å². The van der Waals surface area contributed by atoms with Crippen molar-refractivity contribution in [2.45, 2.75) is 19.2 Å². The molecule has 0 aliphatic heterocycles. The number of para-hydroxylation sites is 2. The van der Waals surface area contributed by atoms with E-state index in [0.717, 1.165) is 6.07 Å². The van der Waals surface area contributed by atoms with Crippen LogP contribution in [0.2, 0.25) is 0 Å². The SMILES string of the molecule is O=C(CCc1nc(-c2ccc(F)cc2)no1)Nc1ccccc1OC(F)(F)F. The number of halogens is 4. The van der Waals surface area contributed by atoms with Crippen LogP contribution in [-0.4, -0.2) is 22.4 Å². The second-order valence-electron chi connectivity index (χ2n) is 5.61. The number of ether oxygens (including phenoxy) is 1. The Bertz CT molecular complexity index is 955. The predicted molar refractivity (Wildman–Crippen MR) is 89.8 cm³/mol. The van der Waals surface area contributed by atoms with E-state index in [2.05, 4.69) is 20.2 Å². The van der Waals surface area contributed by atoms with Crippen molar-refractivity contribution in [1.29, 1.82) is 0 Å². The van der Waals surface area contributed by atoms with Crippen LogP contribution in [0, 0.1) is 5.82 Å². The summed E-state index contributed by atoms with van der Waals surface area (Å²) in [6.45, 7) is 0. The highest BCUT2D eigenvalue weighted by atomic mass is 19.4. The molecule has 0 bridgehead atoms. The molecule has 0 unspecified atom stereocenters. The molecule has 0 aliphatic carbocycles. The van der Waals surface area contributed by atoms with Crippen LogP contribution in [0.5, 0.6) is 5.75 Å². The fraction of sp³-hybridized carbons (Fsp3) is 0.167. The van der Waals surface area contributed by atoms with Crippen LogP contribution in [-0.2, 0) is 11.2 Å². The summed E-state index contributed by atoms with van der Waals surface area (Å²) in [5, 5.41) is 6.10. The highest BCUT2D eigenvalue weighted by Gasteiger charge is 2.32. The van der Waals surface area contributed by atoms with E-state index in [1.807, 2.05) is 0 Å². The average molecular weight is 395 g/mol. The standard InChI is InChI=1S/C18H13F4N3O3/c19-12-7-5-11(6-8-12)17-24-16(28-25-17)10-9-15(26)23-13-3-1-2-4-14(13)27-18(20,21)22/h1-8H,9-10H2,(H,23,26). The van der Waals surface area contributed by atoms with E-state index in [-0.39, 0.29) is 30.2 Å².